The molecule has 39 heavy (non-hydrogen) atoms. The van der Waals surface area contributed by atoms with Gasteiger partial charge in [-0.25, -0.2) is 4.79 Å². The van der Waals surface area contributed by atoms with E-state index in [0.29, 0.717) is 23.8 Å². The molecule has 1 amide bonds. The number of carbonyl (C=O) groups is 2. The summed E-state index contributed by atoms with van der Waals surface area (Å²) in [5.41, 5.74) is 4.64. The Morgan fingerprint density at radius 3 is 2.28 bits per heavy atom. The first kappa shape index (κ1) is 26.8. The predicted octanol–water partition coefficient (Wildman–Crippen LogP) is 5.54. The van der Waals surface area contributed by atoms with E-state index >= 15 is 0 Å². The highest BCUT2D eigenvalue weighted by Crippen LogP contribution is 2.33. The Hall–Kier alpha value is -3.84. The summed E-state index contributed by atoms with van der Waals surface area (Å²) in [5, 5.41) is 3.13. The van der Waals surface area contributed by atoms with Crippen molar-refractivity contribution in [2.75, 3.05) is 27.0 Å². The average Bonchev–Trinajstić information content (AvgIpc) is 3.45. The minimum absolute atomic E-state index is 0.0951. The molecule has 0 aliphatic carbocycles. The lowest BCUT2D eigenvalue weighted by Gasteiger charge is -2.32. The van der Waals surface area contributed by atoms with Crippen LogP contribution in [0.5, 0.6) is 11.5 Å². The van der Waals surface area contributed by atoms with Crippen LogP contribution in [-0.4, -0.2) is 43.8 Å². The van der Waals surface area contributed by atoms with Crippen molar-refractivity contribution in [2.24, 2.45) is 5.92 Å². The fourth-order valence-electron chi connectivity index (χ4n) is 5.40. The fourth-order valence-corrected chi connectivity index (χ4v) is 5.40. The molecule has 0 bridgehead atoms. The zero-order chi connectivity index (χ0) is 27.2. The molecule has 3 aromatic rings. The number of fused-ring (bicyclic) bond motifs is 1. The van der Waals surface area contributed by atoms with Crippen LogP contribution in [0.25, 0.3) is 0 Å². The fraction of sp³-hybridized carbons (Fsp3) is 0.375. The third-order valence-electron chi connectivity index (χ3n) is 7.74. The topological polar surface area (TPSA) is 77.1 Å². The van der Waals surface area contributed by atoms with Crippen molar-refractivity contribution < 1.29 is 23.8 Å². The molecule has 0 spiro atoms. The molecule has 2 aliphatic rings. The Labute approximate surface area is 230 Å². The van der Waals surface area contributed by atoms with Gasteiger partial charge in [0.15, 0.2) is 11.5 Å². The van der Waals surface area contributed by atoms with E-state index in [0.717, 1.165) is 49.5 Å². The van der Waals surface area contributed by atoms with Gasteiger partial charge in [0.25, 0.3) is 5.91 Å². The number of rotatable bonds is 9. The number of nitrogens with one attached hydrogen (secondary N) is 1. The molecule has 0 unspecified atom stereocenters. The number of hydrogen-bond donors (Lipinski definition) is 1. The normalized spacial score (nSPS) is 16.1. The molecule has 1 N–H and O–H groups in total. The Morgan fingerprint density at radius 2 is 1.59 bits per heavy atom. The van der Waals surface area contributed by atoms with Crippen LogP contribution < -0.4 is 14.8 Å². The highest BCUT2D eigenvalue weighted by Gasteiger charge is 2.21. The first-order chi connectivity index (χ1) is 19.0. The molecule has 0 radical (unpaired) electrons. The van der Waals surface area contributed by atoms with Crippen molar-refractivity contribution in [3.05, 3.63) is 94.5 Å². The van der Waals surface area contributed by atoms with Crippen molar-refractivity contribution in [1.82, 2.24) is 10.2 Å². The van der Waals surface area contributed by atoms with Crippen molar-refractivity contribution >= 4 is 11.9 Å². The van der Waals surface area contributed by atoms with E-state index in [-0.39, 0.29) is 17.9 Å². The van der Waals surface area contributed by atoms with Crippen LogP contribution in [0.3, 0.4) is 0 Å². The minimum Gasteiger partial charge on any atom is -0.465 e. The number of hydrogen-bond acceptors (Lipinski definition) is 6. The van der Waals surface area contributed by atoms with Crippen molar-refractivity contribution in [3.63, 3.8) is 0 Å². The van der Waals surface area contributed by atoms with E-state index < -0.39 is 0 Å². The van der Waals surface area contributed by atoms with Crippen LogP contribution in [-0.2, 0) is 17.7 Å². The van der Waals surface area contributed by atoms with Gasteiger partial charge in [-0.05, 0) is 97.8 Å². The number of esters is 1. The van der Waals surface area contributed by atoms with Crippen molar-refractivity contribution in [2.45, 2.75) is 45.2 Å². The molecule has 7 nitrogen and oxygen atoms in total. The van der Waals surface area contributed by atoms with Crippen LogP contribution in [0.15, 0.2) is 66.7 Å². The summed E-state index contributed by atoms with van der Waals surface area (Å²) in [5.74, 6) is 1.86. The number of carbonyl (C=O) groups excluding carboxylic acids is 2. The van der Waals surface area contributed by atoms with E-state index in [1.807, 2.05) is 37.3 Å². The Kier molecular flexibility index (Phi) is 8.47. The third kappa shape index (κ3) is 6.60. The third-order valence-corrected chi connectivity index (χ3v) is 7.74. The van der Waals surface area contributed by atoms with Gasteiger partial charge < -0.3 is 19.5 Å². The van der Waals surface area contributed by atoms with Gasteiger partial charge in [-0.15, -0.1) is 0 Å². The van der Waals surface area contributed by atoms with Gasteiger partial charge in [0.05, 0.1) is 18.7 Å². The number of nitrogens with zero attached hydrogens (tertiary/aromatic N) is 1. The Morgan fingerprint density at radius 1 is 0.923 bits per heavy atom. The lowest BCUT2D eigenvalue weighted by molar-refractivity contribution is 0.0600. The van der Waals surface area contributed by atoms with Gasteiger partial charge in [-0.2, -0.15) is 0 Å². The minimum atomic E-state index is -0.370. The lowest BCUT2D eigenvalue weighted by atomic mass is 9.89. The molecule has 0 aromatic heterocycles. The quantitative estimate of drug-likeness (QED) is 0.368. The number of methoxy groups -OCH3 is 1. The second kappa shape index (κ2) is 12.3. The van der Waals surface area contributed by atoms with E-state index in [9.17, 15) is 9.59 Å². The highest BCUT2D eigenvalue weighted by atomic mass is 16.7. The predicted molar refractivity (Wildman–Crippen MR) is 149 cm³/mol. The summed E-state index contributed by atoms with van der Waals surface area (Å²) in [6.07, 6.45) is 4.11. The van der Waals surface area contributed by atoms with Crippen LogP contribution >= 0.6 is 0 Å². The van der Waals surface area contributed by atoms with Crippen molar-refractivity contribution in [3.8, 4) is 11.5 Å². The summed E-state index contributed by atoms with van der Waals surface area (Å²) in [6.45, 7) is 5.43. The molecule has 7 heteroatoms. The van der Waals surface area contributed by atoms with E-state index in [1.165, 1.54) is 31.1 Å². The van der Waals surface area contributed by atoms with Crippen LogP contribution in [0.2, 0.25) is 0 Å². The van der Waals surface area contributed by atoms with Gasteiger partial charge in [0.1, 0.15) is 0 Å². The van der Waals surface area contributed by atoms with Crippen LogP contribution in [0.4, 0.5) is 0 Å². The SMILES string of the molecule is CC[C@H](NC(=O)c1ccc(CC2CCN(Cc3ccc4c(c3)OCO4)CC2)cc1)c1ccc(C(=O)OC)cc1. The highest BCUT2D eigenvalue weighted by molar-refractivity contribution is 5.94. The number of ether oxygens (including phenoxy) is 3. The molecular formula is C32H36N2O5. The Bertz CT molecular complexity index is 1280. The first-order valence-corrected chi connectivity index (χ1v) is 13.7. The van der Waals surface area contributed by atoms with E-state index in [4.69, 9.17) is 14.2 Å². The average molecular weight is 529 g/mol. The van der Waals surface area contributed by atoms with E-state index in [2.05, 4.69) is 34.5 Å². The second-order valence-corrected chi connectivity index (χ2v) is 10.4. The first-order valence-electron chi connectivity index (χ1n) is 13.7. The van der Waals surface area contributed by atoms with Crippen molar-refractivity contribution in [1.29, 1.82) is 0 Å². The molecular weight excluding hydrogens is 492 g/mol. The van der Waals surface area contributed by atoms with Gasteiger partial charge in [-0.1, -0.05) is 37.3 Å². The zero-order valence-electron chi connectivity index (χ0n) is 22.7. The van der Waals surface area contributed by atoms with E-state index in [1.54, 1.807) is 12.1 Å². The maximum atomic E-state index is 13.0. The summed E-state index contributed by atoms with van der Waals surface area (Å²) in [4.78, 5) is 27.2. The molecule has 204 valence electrons. The maximum Gasteiger partial charge on any atom is 0.337 e. The largest absolute Gasteiger partial charge is 0.465 e. The number of piperidine rings is 1. The van der Waals surface area contributed by atoms with Gasteiger partial charge in [0, 0.05) is 12.1 Å². The molecule has 1 saturated heterocycles. The maximum absolute atomic E-state index is 13.0. The number of likely N-dealkylation sites (tertiary alicyclic amines) is 1. The molecule has 1 atom stereocenters. The summed E-state index contributed by atoms with van der Waals surface area (Å²) >= 11 is 0. The number of amides is 1. The number of benzene rings is 3. The standard InChI is InChI=1S/C32H36N2O5/c1-3-28(25-9-11-27(12-10-25)32(36)37-2)33-31(35)26-7-4-22(5-8-26)18-23-14-16-34(17-15-23)20-24-6-13-29-30(19-24)39-21-38-29/h4-13,19,23,28H,3,14-18,20-21H2,1-2H3,(H,33,35)/t28-/m0/s1. The van der Waals surface area contributed by atoms with Gasteiger partial charge in [0.2, 0.25) is 6.79 Å². The van der Waals surface area contributed by atoms with Gasteiger partial charge >= 0.3 is 5.97 Å². The zero-order valence-corrected chi connectivity index (χ0v) is 22.7. The smallest absolute Gasteiger partial charge is 0.337 e. The Balaban J connectivity index is 1.10. The van der Waals surface area contributed by atoms with Crippen LogP contribution in [0.1, 0.15) is 69.6 Å². The molecule has 3 aromatic carbocycles. The molecule has 1 fully saturated rings. The molecule has 5 rings (SSSR count). The van der Waals surface area contributed by atoms with Crippen LogP contribution in [0, 0.1) is 5.92 Å². The lowest BCUT2D eigenvalue weighted by Crippen LogP contribution is -2.33. The molecule has 0 saturated carbocycles. The molecule has 2 aliphatic heterocycles. The van der Waals surface area contributed by atoms with Gasteiger partial charge in [-0.3, -0.25) is 9.69 Å². The molecule has 2 heterocycles. The monoisotopic (exact) mass is 528 g/mol. The summed E-state index contributed by atoms with van der Waals surface area (Å²) in [6, 6.07) is 21.3. The second-order valence-electron chi connectivity index (χ2n) is 10.4. The summed E-state index contributed by atoms with van der Waals surface area (Å²) in [7, 11) is 1.36. The summed E-state index contributed by atoms with van der Waals surface area (Å²) < 4.78 is 15.7.